The molecule has 3 rings (SSSR count). The molecule has 0 saturated carbocycles. The highest BCUT2D eigenvalue weighted by molar-refractivity contribution is 5.88. The van der Waals surface area contributed by atoms with Gasteiger partial charge in [0, 0.05) is 29.7 Å². The van der Waals surface area contributed by atoms with E-state index in [4.69, 9.17) is 0 Å². The number of para-hydroxylation sites is 1. The molecular weight excluding hydrogens is 226 g/mol. The van der Waals surface area contributed by atoms with Crippen LogP contribution in [0.15, 0.2) is 35.3 Å². The van der Waals surface area contributed by atoms with E-state index in [-0.39, 0.29) is 5.56 Å². The van der Waals surface area contributed by atoms with Gasteiger partial charge in [0.25, 0.3) is 5.56 Å². The Hall–Kier alpha value is -2.49. The van der Waals surface area contributed by atoms with Crippen LogP contribution < -0.4 is 16.4 Å². The summed E-state index contributed by atoms with van der Waals surface area (Å²) in [6.45, 7) is 3.77. The van der Waals surface area contributed by atoms with Crippen LogP contribution in [0.4, 0.5) is 0 Å². The quantitative estimate of drug-likeness (QED) is 0.636. The minimum Gasteiger partial charge on any atom is -0.361 e. The topological polar surface area (TPSA) is 53.6 Å². The Morgan fingerprint density at radius 3 is 2.83 bits per heavy atom. The van der Waals surface area contributed by atoms with E-state index in [2.05, 4.69) is 16.5 Å². The molecule has 0 amide bonds. The molecule has 0 aliphatic heterocycles. The third-order valence-corrected chi connectivity index (χ3v) is 3.14. The van der Waals surface area contributed by atoms with Crippen LogP contribution in [0.1, 0.15) is 5.56 Å². The number of nitrogens with zero attached hydrogens (tertiary/aromatic N) is 1. The van der Waals surface area contributed by atoms with Gasteiger partial charge in [-0.25, -0.2) is 0 Å². The minimum atomic E-state index is -0.0646. The lowest BCUT2D eigenvalue weighted by Gasteiger charge is -1.89. The lowest BCUT2D eigenvalue weighted by atomic mass is 10.2. The molecule has 4 nitrogen and oxygen atoms in total. The number of H-pyrrole nitrogens is 2. The number of rotatable bonds is 1. The van der Waals surface area contributed by atoms with E-state index in [0.29, 0.717) is 10.8 Å². The van der Waals surface area contributed by atoms with Gasteiger partial charge in [0.15, 0.2) is 0 Å². The lowest BCUT2D eigenvalue weighted by Crippen LogP contribution is -2.28. The summed E-state index contributed by atoms with van der Waals surface area (Å²) in [5.74, 6) is 0. The van der Waals surface area contributed by atoms with E-state index in [1.54, 1.807) is 7.05 Å². The van der Waals surface area contributed by atoms with Crippen molar-refractivity contribution in [2.45, 2.75) is 0 Å². The van der Waals surface area contributed by atoms with Gasteiger partial charge < -0.3 is 9.97 Å². The molecule has 0 saturated heterocycles. The molecule has 0 spiro atoms. The van der Waals surface area contributed by atoms with E-state index in [1.807, 2.05) is 36.5 Å². The second-order valence-corrected chi connectivity index (χ2v) is 4.28. The number of fused-ring (bicyclic) bond motifs is 1. The molecule has 2 heterocycles. The van der Waals surface area contributed by atoms with Crippen LogP contribution in [0.2, 0.25) is 0 Å². The van der Waals surface area contributed by atoms with Crippen molar-refractivity contribution < 1.29 is 0 Å². The first-order chi connectivity index (χ1) is 8.66. The Balaban J connectivity index is 2.31. The van der Waals surface area contributed by atoms with Gasteiger partial charge in [-0.1, -0.05) is 24.8 Å². The smallest absolute Gasteiger partial charge is 0.275 e. The van der Waals surface area contributed by atoms with E-state index < -0.39 is 0 Å². The van der Waals surface area contributed by atoms with Gasteiger partial charge in [0.2, 0.25) is 0 Å². The summed E-state index contributed by atoms with van der Waals surface area (Å²) in [7, 11) is 1.70. The van der Waals surface area contributed by atoms with Crippen LogP contribution in [-0.4, -0.2) is 14.5 Å². The van der Waals surface area contributed by atoms with Crippen LogP contribution in [-0.2, 0) is 7.05 Å². The molecule has 3 aromatic rings. The Morgan fingerprint density at radius 2 is 2.11 bits per heavy atom. The maximum absolute atomic E-state index is 11.9. The molecule has 1 aromatic carbocycles. The molecule has 0 aliphatic carbocycles. The second-order valence-electron chi connectivity index (χ2n) is 4.28. The van der Waals surface area contributed by atoms with Crippen molar-refractivity contribution in [3.8, 4) is 0 Å². The van der Waals surface area contributed by atoms with Crippen molar-refractivity contribution >= 4 is 23.6 Å². The first-order valence-electron chi connectivity index (χ1n) is 5.68. The molecule has 0 unspecified atom stereocenters. The van der Waals surface area contributed by atoms with E-state index in [9.17, 15) is 4.79 Å². The van der Waals surface area contributed by atoms with Gasteiger partial charge in [-0.15, -0.1) is 0 Å². The highest BCUT2D eigenvalue weighted by Gasteiger charge is 2.02. The van der Waals surface area contributed by atoms with Crippen molar-refractivity contribution in [3.05, 3.63) is 57.2 Å². The van der Waals surface area contributed by atoms with Gasteiger partial charge in [-0.3, -0.25) is 9.36 Å². The number of nitrogens with one attached hydrogen (secondary N) is 2. The van der Waals surface area contributed by atoms with Crippen LogP contribution in [0.3, 0.4) is 0 Å². The first kappa shape index (κ1) is 10.7. The van der Waals surface area contributed by atoms with Crippen LogP contribution in [0.5, 0.6) is 0 Å². The van der Waals surface area contributed by atoms with Crippen LogP contribution >= 0.6 is 0 Å². The molecule has 4 heteroatoms. The average Bonchev–Trinajstić information content (AvgIpc) is 2.89. The number of hydrogen-bond acceptors (Lipinski definition) is 1. The Morgan fingerprint density at radius 1 is 1.33 bits per heavy atom. The van der Waals surface area contributed by atoms with Gasteiger partial charge in [0.05, 0.1) is 0 Å². The molecule has 2 aromatic heterocycles. The molecule has 0 fully saturated rings. The van der Waals surface area contributed by atoms with Crippen LogP contribution in [0, 0.1) is 0 Å². The average molecular weight is 239 g/mol. The van der Waals surface area contributed by atoms with Crippen molar-refractivity contribution in [1.29, 1.82) is 0 Å². The monoisotopic (exact) mass is 239 g/mol. The maximum Gasteiger partial charge on any atom is 0.275 e. The SMILES string of the molecule is C=c1[nH]/c(=C\c2c[nH]c3ccccc23)c(=O)n1C. The van der Waals surface area contributed by atoms with E-state index >= 15 is 0 Å². The van der Waals surface area contributed by atoms with Crippen molar-refractivity contribution in [2.75, 3.05) is 0 Å². The molecule has 0 radical (unpaired) electrons. The number of aromatic amines is 2. The highest BCUT2D eigenvalue weighted by atomic mass is 16.1. The number of aromatic nitrogens is 3. The molecule has 2 N–H and O–H groups in total. The summed E-state index contributed by atoms with van der Waals surface area (Å²) in [5, 5.41) is 1.65. The summed E-state index contributed by atoms with van der Waals surface area (Å²) in [6.07, 6.45) is 3.74. The van der Waals surface area contributed by atoms with Crippen LogP contribution in [0.25, 0.3) is 23.6 Å². The van der Waals surface area contributed by atoms with E-state index in [0.717, 1.165) is 16.5 Å². The zero-order chi connectivity index (χ0) is 12.7. The second kappa shape index (κ2) is 3.77. The van der Waals surface area contributed by atoms with Gasteiger partial charge >= 0.3 is 0 Å². The fourth-order valence-electron chi connectivity index (χ4n) is 2.06. The number of benzene rings is 1. The predicted octanol–water partition coefficient (Wildman–Crippen LogP) is 0.434. The number of hydrogen-bond donors (Lipinski definition) is 2. The highest BCUT2D eigenvalue weighted by Crippen LogP contribution is 2.17. The summed E-state index contributed by atoms with van der Waals surface area (Å²) in [5.41, 5.74) is 2.59. The molecular formula is C14H13N3O. The fraction of sp³-hybridized carbons (Fsp3) is 0.0714. The van der Waals surface area contributed by atoms with Gasteiger partial charge in [0.1, 0.15) is 10.8 Å². The standard InChI is InChI=1S/C14H13N3O/c1-9-16-13(14(18)17(9)2)7-10-8-15-12-6-4-3-5-11(10)12/h3-8,15-16H,1H2,2H3/b13-7-. The summed E-state index contributed by atoms with van der Waals surface area (Å²) >= 11 is 0. The van der Waals surface area contributed by atoms with Crippen molar-refractivity contribution in [3.63, 3.8) is 0 Å². The van der Waals surface area contributed by atoms with E-state index in [1.165, 1.54) is 4.57 Å². The third-order valence-electron chi connectivity index (χ3n) is 3.14. The van der Waals surface area contributed by atoms with Gasteiger partial charge in [-0.05, 0) is 12.1 Å². The lowest BCUT2D eigenvalue weighted by molar-refractivity contribution is 0.840. The normalized spacial score (nSPS) is 12.4. The zero-order valence-corrected chi connectivity index (χ0v) is 10.0. The third kappa shape index (κ3) is 1.50. The Kier molecular flexibility index (Phi) is 2.23. The molecule has 90 valence electrons. The van der Waals surface area contributed by atoms with Crippen molar-refractivity contribution in [1.82, 2.24) is 14.5 Å². The Labute approximate surface area is 103 Å². The zero-order valence-electron chi connectivity index (χ0n) is 10.0. The summed E-state index contributed by atoms with van der Waals surface area (Å²) < 4.78 is 1.50. The molecule has 0 aliphatic rings. The molecule has 18 heavy (non-hydrogen) atoms. The number of imidazole rings is 1. The first-order valence-corrected chi connectivity index (χ1v) is 5.68. The summed E-state index contributed by atoms with van der Waals surface area (Å²) in [4.78, 5) is 18.1. The minimum absolute atomic E-state index is 0.0646. The molecule has 0 bridgehead atoms. The Bertz CT molecular complexity index is 880. The van der Waals surface area contributed by atoms with Crippen molar-refractivity contribution in [2.24, 2.45) is 7.05 Å². The fourth-order valence-corrected chi connectivity index (χ4v) is 2.06. The summed E-state index contributed by atoms with van der Waals surface area (Å²) in [6, 6.07) is 7.99. The predicted molar refractivity (Wildman–Crippen MR) is 72.7 cm³/mol. The largest absolute Gasteiger partial charge is 0.361 e. The molecule has 0 atom stereocenters. The maximum atomic E-state index is 11.9. The van der Waals surface area contributed by atoms with Gasteiger partial charge in [-0.2, -0.15) is 0 Å².